The van der Waals surface area contributed by atoms with Crippen molar-refractivity contribution in [3.05, 3.63) is 46.8 Å². The van der Waals surface area contributed by atoms with Gasteiger partial charge in [-0.05, 0) is 44.2 Å². The van der Waals surface area contributed by atoms with Crippen LogP contribution in [-0.4, -0.2) is 27.5 Å². The smallest absolute Gasteiger partial charge is 0.261 e. The average Bonchev–Trinajstić information content (AvgIpc) is 2.98. The first kappa shape index (κ1) is 17.6. The summed E-state index contributed by atoms with van der Waals surface area (Å²) < 4.78 is 1.75. The molecule has 0 spiro atoms. The maximum absolute atomic E-state index is 12.8. The maximum atomic E-state index is 12.8. The second-order valence-electron chi connectivity index (χ2n) is 6.32. The molecule has 7 heteroatoms. The Bertz CT molecular complexity index is 938. The molecule has 1 saturated heterocycles. The largest absolute Gasteiger partial charge is 0.326 e. The monoisotopic (exact) mass is 352 g/mol. The summed E-state index contributed by atoms with van der Waals surface area (Å²) in [6.07, 6.45) is 1.81. The topological polar surface area (TPSA) is 84.3 Å². The van der Waals surface area contributed by atoms with Crippen LogP contribution >= 0.6 is 0 Å². The van der Waals surface area contributed by atoms with Crippen LogP contribution < -0.4 is 10.2 Å². The highest BCUT2D eigenvalue weighted by Gasteiger charge is 2.35. The highest BCUT2D eigenvalue weighted by molar-refractivity contribution is 6.29. The van der Waals surface area contributed by atoms with Gasteiger partial charge in [-0.2, -0.15) is 5.10 Å². The number of carbonyl (C=O) groups is 3. The number of hydrogen-bond donors (Lipinski definition) is 1. The first-order valence-electron chi connectivity index (χ1n) is 8.23. The number of anilines is 2. The van der Waals surface area contributed by atoms with Gasteiger partial charge in [-0.15, -0.1) is 0 Å². The molecule has 1 aliphatic heterocycles. The van der Waals surface area contributed by atoms with E-state index in [9.17, 15) is 14.4 Å². The second-order valence-corrected chi connectivity index (χ2v) is 6.32. The van der Waals surface area contributed by atoms with Crippen LogP contribution in [0.3, 0.4) is 0 Å². The van der Waals surface area contributed by atoms with Gasteiger partial charge in [-0.1, -0.05) is 0 Å². The van der Waals surface area contributed by atoms with Crippen LogP contribution in [0.4, 0.5) is 11.4 Å². The van der Waals surface area contributed by atoms with Crippen LogP contribution in [0.2, 0.25) is 0 Å². The summed E-state index contributed by atoms with van der Waals surface area (Å²) in [4.78, 5) is 37.4. The van der Waals surface area contributed by atoms with Gasteiger partial charge in [-0.3, -0.25) is 19.1 Å². The summed E-state index contributed by atoms with van der Waals surface area (Å²) in [5.41, 5.74) is 4.16. The van der Waals surface area contributed by atoms with E-state index in [1.165, 1.54) is 11.8 Å². The molecule has 3 rings (SSSR count). The molecular weight excluding hydrogens is 332 g/mol. The Hall–Kier alpha value is -3.22. The fourth-order valence-electron chi connectivity index (χ4n) is 3.02. The van der Waals surface area contributed by atoms with Gasteiger partial charge < -0.3 is 5.32 Å². The lowest BCUT2D eigenvalue weighted by atomic mass is 10.1. The van der Waals surface area contributed by atoms with Crippen molar-refractivity contribution >= 4 is 35.2 Å². The molecule has 0 unspecified atom stereocenters. The van der Waals surface area contributed by atoms with Crippen molar-refractivity contribution in [3.63, 3.8) is 0 Å². The van der Waals surface area contributed by atoms with Gasteiger partial charge >= 0.3 is 0 Å². The minimum absolute atomic E-state index is 0.0556. The minimum atomic E-state index is -0.329. The second kappa shape index (κ2) is 6.59. The zero-order valence-corrected chi connectivity index (χ0v) is 15.2. The summed E-state index contributed by atoms with van der Waals surface area (Å²) in [5.74, 6) is -0.781. The van der Waals surface area contributed by atoms with Gasteiger partial charge in [0, 0.05) is 36.5 Å². The Morgan fingerprint density at radius 2 is 1.85 bits per heavy atom. The van der Waals surface area contributed by atoms with Crippen LogP contribution in [0, 0.1) is 13.8 Å². The minimum Gasteiger partial charge on any atom is -0.326 e. The van der Waals surface area contributed by atoms with Crippen molar-refractivity contribution < 1.29 is 14.4 Å². The molecule has 26 heavy (non-hydrogen) atoms. The number of nitrogens with zero attached hydrogens (tertiary/aromatic N) is 3. The molecule has 1 aliphatic rings. The number of amides is 3. The molecule has 1 fully saturated rings. The lowest BCUT2D eigenvalue weighted by molar-refractivity contribution is -0.120. The molecule has 0 bridgehead atoms. The van der Waals surface area contributed by atoms with E-state index < -0.39 is 0 Å². The number of imide groups is 1. The molecule has 1 N–H and O–H groups in total. The normalized spacial score (nSPS) is 15.8. The van der Waals surface area contributed by atoms with Crippen molar-refractivity contribution in [3.8, 4) is 0 Å². The van der Waals surface area contributed by atoms with E-state index in [0.29, 0.717) is 16.9 Å². The van der Waals surface area contributed by atoms with Crippen LogP contribution in [-0.2, 0) is 21.4 Å². The number of aryl methyl sites for hydroxylation is 2. The predicted molar refractivity (Wildman–Crippen MR) is 98.5 cm³/mol. The van der Waals surface area contributed by atoms with E-state index in [2.05, 4.69) is 10.4 Å². The molecule has 1 aromatic carbocycles. The molecule has 1 aromatic heterocycles. The number of nitrogens with one attached hydrogen (secondary N) is 1. The molecule has 0 saturated carbocycles. The van der Waals surface area contributed by atoms with Crippen molar-refractivity contribution in [2.75, 3.05) is 10.2 Å². The zero-order chi connectivity index (χ0) is 19.0. The first-order valence-corrected chi connectivity index (χ1v) is 8.23. The van der Waals surface area contributed by atoms with Crippen LogP contribution in [0.1, 0.15) is 30.3 Å². The van der Waals surface area contributed by atoms with Gasteiger partial charge in [0.1, 0.15) is 0 Å². The van der Waals surface area contributed by atoms with Gasteiger partial charge in [0.15, 0.2) is 0 Å². The molecule has 2 aromatic rings. The molecule has 3 amide bonds. The number of aromatic nitrogens is 2. The average molecular weight is 352 g/mol. The predicted octanol–water partition coefficient (Wildman–Crippen LogP) is 2.34. The molecular formula is C19H20N4O3. The van der Waals surface area contributed by atoms with E-state index in [1.807, 2.05) is 20.9 Å². The summed E-state index contributed by atoms with van der Waals surface area (Å²) in [6.45, 7) is 5.21. The van der Waals surface area contributed by atoms with Crippen LogP contribution in [0.15, 0.2) is 29.8 Å². The van der Waals surface area contributed by atoms with Crippen molar-refractivity contribution in [1.29, 1.82) is 0 Å². The van der Waals surface area contributed by atoms with E-state index in [-0.39, 0.29) is 24.1 Å². The van der Waals surface area contributed by atoms with Gasteiger partial charge in [0.25, 0.3) is 5.91 Å². The Morgan fingerprint density at radius 1 is 1.19 bits per heavy atom. The quantitative estimate of drug-likeness (QED) is 0.679. The number of carbonyl (C=O) groups excluding carboxylic acids is 3. The Morgan fingerprint density at radius 3 is 2.38 bits per heavy atom. The summed E-state index contributed by atoms with van der Waals surface area (Å²) in [5, 5.41) is 6.99. The molecule has 0 atom stereocenters. The molecule has 2 heterocycles. The van der Waals surface area contributed by atoms with Gasteiger partial charge in [0.05, 0.1) is 17.8 Å². The van der Waals surface area contributed by atoms with E-state index in [1.54, 1.807) is 35.0 Å². The highest BCUT2D eigenvalue weighted by atomic mass is 16.2. The number of rotatable bonds is 3. The van der Waals surface area contributed by atoms with E-state index in [4.69, 9.17) is 0 Å². The number of benzene rings is 1. The molecule has 0 aliphatic carbocycles. The molecule has 134 valence electrons. The SMILES string of the molecule is CC(=O)Nc1ccc(N2C(=O)C/C(=C\c3c(C)nn(C)c3C)C2=O)cc1. The Labute approximate surface area is 151 Å². The fraction of sp³-hybridized carbons (Fsp3) is 0.263. The van der Waals surface area contributed by atoms with E-state index in [0.717, 1.165) is 17.0 Å². The van der Waals surface area contributed by atoms with E-state index >= 15 is 0 Å². The maximum Gasteiger partial charge on any atom is 0.261 e. The third-order valence-corrected chi connectivity index (χ3v) is 4.40. The van der Waals surface area contributed by atoms with Crippen molar-refractivity contribution in [2.24, 2.45) is 7.05 Å². The van der Waals surface area contributed by atoms with Crippen LogP contribution in [0.5, 0.6) is 0 Å². The summed E-state index contributed by atoms with van der Waals surface area (Å²) >= 11 is 0. The Balaban J connectivity index is 1.89. The van der Waals surface area contributed by atoms with Crippen molar-refractivity contribution in [2.45, 2.75) is 27.2 Å². The first-order chi connectivity index (χ1) is 12.3. The lowest BCUT2D eigenvalue weighted by Crippen LogP contribution is -2.28. The van der Waals surface area contributed by atoms with Crippen molar-refractivity contribution in [1.82, 2.24) is 9.78 Å². The third kappa shape index (κ3) is 3.15. The summed E-state index contributed by atoms with van der Waals surface area (Å²) in [7, 11) is 1.84. The Kier molecular flexibility index (Phi) is 4.46. The third-order valence-electron chi connectivity index (χ3n) is 4.40. The van der Waals surface area contributed by atoms with Gasteiger partial charge in [0.2, 0.25) is 11.8 Å². The lowest BCUT2D eigenvalue weighted by Gasteiger charge is -2.14. The fourth-order valence-corrected chi connectivity index (χ4v) is 3.02. The van der Waals surface area contributed by atoms with Crippen LogP contribution in [0.25, 0.3) is 6.08 Å². The summed E-state index contributed by atoms with van der Waals surface area (Å²) in [6, 6.07) is 6.61. The molecule has 0 radical (unpaired) electrons. The standard InChI is InChI=1S/C19H20N4O3/c1-11-17(12(2)22(4)21-11)9-14-10-18(25)23(19(14)26)16-7-5-15(6-8-16)20-13(3)24/h5-9H,10H2,1-4H3,(H,20,24)/b14-9+. The number of hydrogen-bond acceptors (Lipinski definition) is 4. The van der Waals surface area contributed by atoms with Gasteiger partial charge in [-0.25, -0.2) is 4.90 Å². The highest BCUT2D eigenvalue weighted by Crippen LogP contribution is 2.29. The molecule has 7 nitrogen and oxygen atoms in total. The zero-order valence-electron chi connectivity index (χ0n) is 15.2.